The van der Waals surface area contributed by atoms with Crippen LogP contribution in [0.2, 0.25) is 0 Å². The summed E-state index contributed by atoms with van der Waals surface area (Å²) in [5, 5.41) is 0.687. The third kappa shape index (κ3) is 26.6. The normalized spacial score (nSPS) is 12.3. The summed E-state index contributed by atoms with van der Waals surface area (Å²) in [6.45, 7) is 4.58. The molecule has 192 valence electrons. The summed E-state index contributed by atoms with van der Waals surface area (Å²) in [7, 11) is 0. The second-order valence-electron chi connectivity index (χ2n) is 9.68. The number of carbonyl (C=O) groups is 1. The molecule has 0 aromatic heterocycles. The monoisotopic (exact) mass is 486 g/mol. The standard InChI is InChI=1S/C29H58OS2/c1-3-5-7-9-11-13-15-17-19-21-26-31-28-29(24-23-25-30)32-27-22-20-18-16-14-12-10-8-6-4-2/h25,29H,3-24,26-28H2,1-2H3. The molecule has 1 unspecified atom stereocenters. The van der Waals surface area contributed by atoms with Gasteiger partial charge in [0.1, 0.15) is 6.29 Å². The summed E-state index contributed by atoms with van der Waals surface area (Å²) >= 11 is 4.28. The van der Waals surface area contributed by atoms with Gasteiger partial charge < -0.3 is 4.79 Å². The molecule has 0 aliphatic heterocycles. The Bertz CT molecular complexity index is 348. The quantitative estimate of drug-likeness (QED) is 0.0808. The van der Waals surface area contributed by atoms with E-state index in [1.165, 1.54) is 146 Å². The first-order chi connectivity index (χ1) is 15.8. The fourth-order valence-electron chi connectivity index (χ4n) is 4.21. The van der Waals surface area contributed by atoms with Crippen molar-refractivity contribution in [3.05, 3.63) is 0 Å². The molecule has 0 aromatic carbocycles. The highest BCUT2D eigenvalue weighted by molar-refractivity contribution is 8.03. The molecule has 0 heterocycles. The molecule has 0 saturated heterocycles. The first-order valence-electron chi connectivity index (χ1n) is 14.5. The van der Waals surface area contributed by atoms with E-state index in [1.54, 1.807) is 0 Å². The second-order valence-corrected chi connectivity index (χ2v) is 12.2. The van der Waals surface area contributed by atoms with Crippen LogP contribution in [0.4, 0.5) is 0 Å². The highest BCUT2D eigenvalue weighted by Crippen LogP contribution is 2.23. The van der Waals surface area contributed by atoms with Crippen molar-refractivity contribution in [2.24, 2.45) is 0 Å². The minimum absolute atomic E-state index is 0.687. The number of rotatable bonds is 28. The maximum Gasteiger partial charge on any atom is 0.120 e. The van der Waals surface area contributed by atoms with Gasteiger partial charge in [-0.15, -0.1) is 0 Å². The van der Waals surface area contributed by atoms with Gasteiger partial charge in [0.2, 0.25) is 0 Å². The first kappa shape index (κ1) is 32.4. The van der Waals surface area contributed by atoms with Crippen LogP contribution in [0.5, 0.6) is 0 Å². The summed E-state index contributed by atoms with van der Waals surface area (Å²) in [5.74, 6) is 3.85. The van der Waals surface area contributed by atoms with Crippen LogP contribution in [-0.2, 0) is 4.79 Å². The lowest BCUT2D eigenvalue weighted by molar-refractivity contribution is -0.107. The Morgan fingerprint density at radius 3 is 1.41 bits per heavy atom. The highest BCUT2D eigenvalue weighted by Gasteiger charge is 2.09. The fourth-order valence-corrected chi connectivity index (χ4v) is 6.90. The molecular weight excluding hydrogens is 428 g/mol. The SMILES string of the molecule is CCCCCCCCCCCCSCC(CCC=O)SCCCCCCCCCCCC. The minimum atomic E-state index is 0.687. The van der Waals surface area contributed by atoms with Gasteiger partial charge in [-0.2, -0.15) is 23.5 Å². The molecule has 3 heteroatoms. The molecule has 0 spiro atoms. The first-order valence-corrected chi connectivity index (χ1v) is 16.7. The van der Waals surface area contributed by atoms with Gasteiger partial charge in [0.25, 0.3) is 0 Å². The molecule has 0 radical (unpaired) electrons. The number of hydrogen-bond donors (Lipinski definition) is 0. The summed E-state index contributed by atoms with van der Waals surface area (Å²) in [5.41, 5.74) is 0. The molecule has 0 aliphatic rings. The zero-order valence-electron chi connectivity index (χ0n) is 22.1. The van der Waals surface area contributed by atoms with Gasteiger partial charge in [-0.05, 0) is 30.8 Å². The lowest BCUT2D eigenvalue weighted by Crippen LogP contribution is -2.08. The second kappa shape index (κ2) is 29.4. The molecule has 0 saturated carbocycles. The maximum absolute atomic E-state index is 10.8. The summed E-state index contributed by atoms with van der Waals surface area (Å²) in [4.78, 5) is 10.8. The van der Waals surface area contributed by atoms with Crippen molar-refractivity contribution < 1.29 is 4.79 Å². The van der Waals surface area contributed by atoms with Crippen LogP contribution < -0.4 is 0 Å². The predicted octanol–water partition coefficient (Wildman–Crippen LogP) is 10.6. The highest BCUT2D eigenvalue weighted by atomic mass is 32.2. The lowest BCUT2D eigenvalue weighted by atomic mass is 10.1. The molecule has 0 N–H and O–H groups in total. The molecule has 1 nitrogen and oxygen atoms in total. The van der Waals surface area contributed by atoms with Gasteiger partial charge in [0, 0.05) is 17.4 Å². The van der Waals surface area contributed by atoms with Crippen molar-refractivity contribution in [1.29, 1.82) is 0 Å². The Balaban J connectivity index is 3.50. The van der Waals surface area contributed by atoms with E-state index in [4.69, 9.17) is 0 Å². The van der Waals surface area contributed by atoms with Crippen LogP contribution in [0, 0.1) is 0 Å². The van der Waals surface area contributed by atoms with Gasteiger partial charge >= 0.3 is 0 Å². The van der Waals surface area contributed by atoms with E-state index in [2.05, 4.69) is 37.4 Å². The lowest BCUT2D eigenvalue weighted by Gasteiger charge is -2.15. The van der Waals surface area contributed by atoms with Crippen molar-refractivity contribution in [3.8, 4) is 0 Å². The van der Waals surface area contributed by atoms with Crippen molar-refractivity contribution in [3.63, 3.8) is 0 Å². The largest absolute Gasteiger partial charge is 0.303 e. The van der Waals surface area contributed by atoms with Crippen molar-refractivity contribution in [2.75, 3.05) is 17.3 Å². The molecule has 0 bridgehead atoms. The van der Waals surface area contributed by atoms with Crippen molar-refractivity contribution in [1.82, 2.24) is 0 Å². The van der Waals surface area contributed by atoms with E-state index in [0.717, 1.165) is 19.1 Å². The van der Waals surface area contributed by atoms with Gasteiger partial charge in [0.15, 0.2) is 0 Å². The van der Waals surface area contributed by atoms with Crippen LogP contribution in [0.25, 0.3) is 0 Å². The minimum Gasteiger partial charge on any atom is -0.303 e. The Kier molecular flexibility index (Phi) is 29.7. The number of aldehydes is 1. The Morgan fingerprint density at radius 2 is 0.969 bits per heavy atom. The Hall–Kier alpha value is 0.370. The summed E-state index contributed by atoms with van der Waals surface area (Å²) in [6.07, 6.45) is 31.3. The van der Waals surface area contributed by atoms with Crippen LogP contribution >= 0.6 is 23.5 Å². The van der Waals surface area contributed by atoms with Crippen LogP contribution in [0.15, 0.2) is 0 Å². The zero-order chi connectivity index (χ0) is 23.4. The van der Waals surface area contributed by atoms with Crippen molar-refractivity contribution >= 4 is 29.8 Å². The Labute approximate surface area is 211 Å². The van der Waals surface area contributed by atoms with Gasteiger partial charge in [-0.25, -0.2) is 0 Å². The number of hydrogen-bond acceptors (Lipinski definition) is 3. The van der Waals surface area contributed by atoms with Crippen LogP contribution in [0.1, 0.15) is 155 Å². The molecule has 0 aliphatic carbocycles. The van der Waals surface area contributed by atoms with E-state index in [0.29, 0.717) is 5.25 Å². The summed E-state index contributed by atoms with van der Waals surface area (Å²) < 4.78 is 0. The van der Waals surface area contributed by atoms with E-state index in [-0.39, 0.29) is 0 Å². The fraction of sp³-hybridized carbons (Fsp3) is 0.966. The van der Waals surface area contributed by atoms with E-state index < -0.39 is 0 Å². The molecule has 0 fully saturated rings. The number of thioether (sulfide) groups is 2. The molecule has 0 rings (SSSR count). The molecule has 1 atom stereocenters. The van der Waals surface area contributed by atoms with Crippen LogP contribution in [0.3, 0.4) is 0 Å². The average Bonchev–Trinajstić information content (AvgIpc) is 2.81. The summed E-state index contributed by atoms with van der Waals surface area (Å²) in [6, 6.07) is 0. The topological polar surface area (TPSA) is 17.1 Å². The van der Waals surface area contributed by atoms with E-state index in [1.807, 2.05) is 0 Å². The zero-order valence-corrected chi connectivity index (χ0v) is 23.7. The van der Waals surface area contributed by atoms with Gasteiger partial charge in [0.05, 0.1) is 0 Å². The van der Waals surface area contributed by atoms with Crippen LogP contribution in [-0.4, -0.2) is 28.8 Å². The average molecular weight is 487 g/mol. The Morgan fingerprint density at radius 1 is 0.562 bits per heavy atom. The number of unbranched alkanes of at least 4 members (excludes halogenated alkanes) is 18. The van der Waals surface area contributed by atoms with Crippen molar-refractivity contribution in [2.45, 2.75) is 160 Å². The maximum atomic E-state index is 10.8. The molecule has 0 aromatic rings. The number of carbonyl (C=O) groups excluding carboxylic acids is 1. The van der Waals surface area contributed by atoms with Gasteiger partial charge in [-0.1, -0.05) is 129 Å². The smallest absolute Gasteiger partial charge is 0.120 e. The predicted molar refractivity (Wildman–Crippen MR) is 153 cm³/mol. The van der Waals surface area contributed by atoms with Gasteiger partial charge in [-0.3, -0.25) is 0 Å². The third-order valence-corrected chi connectivity index (χ3v) is 9.23. The third-order valence-electron chi connectivity index (χ3n) is 6.40. The van der Waals surface area contributed by atoms with E-state index >= 15 is 0 Å². The molecule has 0 amide bonds. The van der Waals surface area contributed by atoms with E-state index in [9.17, 15) is 4.79 Å². The molecule has 32 heavy (non-hydrogen) atoms. The molecular formula is C29H58OS2.